The predicted molar refractivity (Wildman–Crippen MR) is 67.5 cm³/mol. The van der Waals surface area contributed by atoms with E-state index < -0.39 is 6.10 Å². The number of benzene rings is 2. The number of fused-ring (bicyclic) bond motifs is 1. The zero-order chi connectivity index (χ0) is 12.1. The van der Waals surface area contributed by atoms with Gasteiger partial charge in [-0.2, -0.15) is 0 Å². The molecule has 1 N–H and O–H groups in total. The van der Waals surface area contributed by atoms with Gasteiger partial charge in [0.15, 0.2) is 0 Å². The maximum Gasteiger partial charge on any atom is 0.0791 e. The third-order valence-electron chi connectivity index (χ3n) is 2.72. The Balaban J connectivity index is 2.20. The van der Waals surface area contributed by atoms with Crippen LogP contribution in [0.15, 0.2) is 47.6 Å². The molecule has 0 amide bonds. The molecule has 2 aromatic rings. The third-order valence-corrected chi connectivity index (χ3v) is 2.72. The van der Waals surface area contributed by atoms with Gasteiger partial charge in [0.1, 0.15) is 0 Å². The summed E-state index contributed by atoms with van der Waals surface area (Å²) in [4.78, 5) is 2.67. The van der Waals surface area contributed by atoms with E-state index in [2.05, 4.69) is 10.0 Å². The first-order chi connectivity index (χ1) is 8.31. The highest BCUT2D eigenvalue weighted by Gasteiger charge is 2.06. The summed E-state index contributed by atoms with van der Waals surface area (Å²) in [5.41, 5.74) is 9.03. The number of hydrogen-bond donors (Lipinski definition) is 1. The molecule has 0 heterocycles. The SMILES string of the molecule is [N-]=[N+]=NCCC(O)c1ccc2ccccc2c1. The number of aliphatic hydroxyl groups excluding tert-OH is 1. The molecule has 0 bridgehead atoms. The largest absolute Gasteiger partial charge is 0.388 e. The summed E-state index contributed by atoms with van der Waals surface area (Å²) in [7, 11) is 0. The lowest BCUT2D eigenvalue weighted by molar-refractivity contribution is 0.170. The van der Waals surface area contributed by atoms with E-state index in [1.54, 1.807) is 0 Å². The van der Waals surface area contributed by atoms with Gasteiger partial charge in [0.05, 0.1) is 6.10 Å². The van der Waals surface area contributed by atoms with E-state index in [1.165, 1.54) is 0 Å². The molecule has 0 aliphatic carbocycles. The summed E-state index contributed by atoms with van der Waals surface area (Å²) in [6, 6.07) is 13.9. The molecule has 17 heavy (non-hydrogen) atoms. The van der Waals surface area contributed by atoms with Crippen molar-refractivity contribution in [3.8, 4) is 0 Å². The second-order valence-electron chi connectivity index (χ2n) is 3.87. The van der Waals surface area contributed by atoms with Crippen LogP contribution in [0.4, 0.5) is 0 Å². The van der Waals surface area contributed by atoms with Crippen molar-refractivity contribution in [1.82, 2.24) is 0 Å². The van der Waals surface area contributed by atoms with Gasteiger partial charge in [0.25, 0.3) is 0 Å². The lowest BCUT2D eigenvalue weighted by Gasteiger charge is -2.10. The highest BCUT2D eigenvalue weighted by molar-refractivity contribution is 5.83. The van der Waals surface area contributed by atoms with Crippen LogP contribution in [0.1, 0.15) is 18.1 Å². The Hall–Kier alpha value is -2.03. The van der Waals surface area contributed by atoms with Crippen molar-refractivity contribution < 1.29 is 5.11 Å². The van der Waals surface area contributed by atoms with Gasteiger partial charge in [-0.15, -0.1) is 0 Å². The molecule has 0 spiro atoms. The van der Waals surface area contributed by atoms with Gasteiger partial charge in [-0.1, -0.05) is 41.5 Å². The van der Waals surface area contributed by atoms with Gasteiger partial charge in [0, 0.05) is 11.5 Å². The molecule has 4 heteroatoms. The molecule has 0 aliphatic rings. The third kappa shape index (κ3) is 2.75. The zero-order valence-corrected chi connectivity index (χ0v) is 9.32. The number of rotatable bonds is 4. The van der Waals surface area contributed by atoms with Crippen molar-refractivity contribution in [3.05, 3.63) is 58.5 Å². The Bertz CT molecular complexity index is 561. The Morgan fingerprint density at radius 1 is 1.18 bits per heavy atom. The van der Waals surface area contributed by atoms with E-state index in [4.69, 9.17) is 5.53 Å². The van der Waals surface area contributed by atoms with Crippen LogP contribution in [0.3, 0.4) is 0 Å². The lowest BCUT2D eigenvalue weighted by atomic mass is 10.0. The van der Waals surface area contributed by atoms with E-state index in [9.17, 15) is 5.11 Å². The predicted octanol–water partition coefficient (Wildman–Crippen LogP) is 3.57. The quantitative estimate of drug-likeness (QED) is 0.484. The first-order valence-electron chi connectivity index (χ1n) is 5.49. The topological polar surface area (TPSA) is 69.0 Å². The highest BCUT2D eigenvalue weighted by atomic mass is 16.3. The molecular formula is C13H13N3O. The molecule has 4 nitrogen and oxygen atoms in total. The summed E-state index contributed by atoms with van der Waals surface area (Å²) >= 11 is 0. The minimum absolute atomic E-state index is 0.310. The summed E-state index contributed by atoms with van der Waals surface area (Å²) in [5, 5.41) is 15.6. The second-order valence-corrected chi connectivity index (χ2v) is 3.87. The molecule has 0 saturated heterocycles. The second kappa shape index (κ2) is 5.34. The maximum atomic E-state index is 9.92. The number of hydrogen-bond acceptors (Lipinski definition) is 2. The Labute approximate surface area is 99.1 Å². The molecule has 86 valence electrons. The average Bonchev–Trinajstić information content (AvgIpc) is 2.38. The fourth-order valence-corrected chi connectivity index (χ4v) is 1.81. The summed E-state index contributed by atoms with van der Waals surface area (Å²) in [6.45, 7) is 0.310. The minimum Gasteiger partial charge on any atom is -0.388 e. The molecule has 2 rings (SSSR count). The first-order valence-corrected chi connectivity index (χ1v) is 5.49. The number of azide groups is 1. The highest BCUT2D eigenvalue weighted by Crippen LogP contribution is 2.22. The fourth-order valence-electron chi connectivity index (χ4n) is 1.81. The van der Waals surface area contributed by atoms with Crippen molar-refractivity contribution in [2.45, 2.75) is 12.5 Å². The molecule has 0 radical (unpaired) electrons. The summed E-state index contributed by atoms with van der Waals surface area (Å²) in [5.74, 6) is 0. The van der Waals surface area contributed by atoms with Crippen molar-refractivity contribution in [2.24, 2.45) is 5.11 Å². The monoisotopic (exact) mass is 227 g/mol. The standard InChI is InChI=1S/C13H13N3O/c14-16-15-8-7-13(17)12-6-5-10-3-1-2-4-11(10)9-12/h1-6,9,13,17H,7-8H2. The van der Waals surface area contributed by atoms with E-state index >= 15 is 0 Å². The Morgan fingerprint density at radius 2 is 1.94 bits per heavy atom. The Morgan fingerprint density at radius 3 is 2.71 bits per heavy atom. The molecular weight excluding hydrogens is 214 g/mol. The number of nitrogens with zero attached hydrogens (tertiary/aromatic N) is 3. The normalized spacial score (nSPS) is 12.1. The smallest absolute Gasteiger partial charge is 0.0791 e. The summed E-state index contributed by atoms with van der Waals surface area (Å²) < 4.78 is 0. The van der Waals surface area contributed by atoms with Crippen LogP contribution in [-0.4, -0.2) is 11.7 Å². The van der Waals surface area contributed by atoms with E-state index in [0.29, 0.717) is 13.0 Å². The van der Waals surface area contributed by atoms with Crippen LogP contribution in [-0.2, 0) is 0 Å². The van der Waals surface area contributed by atoms with Crippen LogP contribution < -0.4 is 0 Å². The van der Waals surface area contributed by atoms with Gasteiger partial charge in [-0.05, 0) is 34.4 Å². The van der Waals surface area contributed by atoms with Crippen molar-refractivity contribution in [2.75, 3.05) is 6.54 Å². The average molecular weight is 227 g/mol. The van der Waals surface area contributed by atoms with Crippen molar-refractivity contribution >= 4 is 10.8 Å². The van der Waals surface area contributed by atoms with E-state index in [-0.39, 0.29) is 0 Å². The zero-order valence-electron chi connectivity index (χ0n) is 9.32. The van der Waals surface area contributed by atoms with Crippen LogP contribution in [0.5, 0.6) is 0 Å². The number of aliphatic hydroxyl groups is 1. The maximum absolute atomic E-state index is 9.92. The van der Waals surface area contributed by atoms with Gasteiger partial charge in [-0.25, -0.2) is 0 Å². The van der Waals surface area contributed by atoms with E-state index in [0.717, 1.165) is 16.3 Å². The van der Waals surface area contributed by atoms with E-state index in [1.807, 2.05) is 42.5 Å². The van der Waals surface area contributed by atoms with Crippen LogP contribution in [0, 0.1) is 0 Å². The van der Waals surface area contributed by atoms with Gasteiger partial charge >= 0.3 is 0 Å². The van der Waals surface area contributed by atoms with Gasteiger partial charge in [0.2, 0.25) is 0 Å². The van der Waals surface area contributed by atoms with Gasteiger partial charge in [-0.3, -0.25) is 0 Å². The Kier molecular flexibility index (Phi) is 3.60. The van der Waals surface area contributed by atoms with Crippen LogP contribution in [0.25, 0.3) is 21.2 Å². The summed E-state index contributed by atoms with van der Waals surface area (Å²) in [6.07, 6.45) is -0.132. The van der Waals surface area contributed by atoms with Gasteiger partial charge < -0.3 is 5.11 Å². The molecule has 1 unspecified atom stereocenters. The van der Waals surface area contributed by atoms with Crippen LogP contribution in [0.2, 0.25) is 0 Å². The lowest BCUT2D eigenvalue weighted by Crippen LogP contribution is -1.98. The van der Waals surface area contributed by atoms with Crippen molar-refractivity contribution in [3.63, 3.8) is 0 Å². The fraction of sp³-hybridized carbons (Fsp3) is 0.231. The van der Waals surface area contributed by atoms with Crippen molar-refractivity contribution in [1.29, 1.82) is 0 Å². The molecule has 0 fully saturated rings. The molecule has 0 aromatic heterocycles. The van der Waals surface area contributed by atoms with Crippen LogP contribution >= 0.6 is 0 Å². The minimum atomic E-state index is -0.579. The molecule has 2 aromatic carbocycles. The molecule has 1 atom stereocenters. The molecule has 0 saturated carbocycles. The first kappa shape index (κ1) is 11.5. The molecule has 0 aliphatic heterocycles.